The number of nitrogens with zero attached hydrogens (tertiary/aromatic N) is 3. The Labute approximate surface area is 127 Å². The Morgan fingerprint density at radius 2 is 2.05 bits per heavy atom. The third kappa shape index (κ3) is 4.61. The van der Waals surface area contributed by atoms with Gasteiger partial charge < -0.3 is 9.88 Å². The molecule has 0 saturated heterocycles. The van der Waals surface area contributed by atoms with Crippen molar-refractivity contribution in [3.63, 3.8) is 0 Å². The van der Waals surface area contributed by atoms with Gasteiger partial charge >= 0.3 is 0 Å². The predicted molar refractivity (Wildman–Crippen MR) is 84.2 cm³/mol. The second-order valence-electron chi connectivity index (χ2n) is 4.23. The lowest BCUT2D eigenvalue weighted by Gasteiger charge is -2.04. The van der Waals surface area contributed by atoms with Crippen molar-refractivity contribution < 1.29 is 4.79 Å². The second-order valence-corrected chi connectivity index (χ2v) is 5.27. The van der Waals surface area contributed by atoms with Crippen LogP contribution in [0, 0.1) is 0 Å². The molecule has 0 spiro atoms. The number of carbonyl (C=O) groups excluding carboxylic acids is 1. The molecule has 0 atom stereocenters. The van der Waals surface area contributed by atoms with Gasteiger partial charge in [-0.05, 0) is 43.0 Å². The van der Waals surface area contributed by atoms with Gasteiger partial charge in [-0.3, -0.25) is 4.79 Å². The van der Waals surface area contributed by atoms with Crippen LogP contribution in [0.2, 0.25) is 0 Å². The van der Waals surface area contributed by atoms with Gasteiger partial charge in [0.2, 0.25) is 5.91 Å². The Balaban J connectivity index is 1.96. The van der Waals surface area contributed by atoms with Gasteiger partial charge in [0, 0.05) is 23.7 Å². The first-order chi connectivity index (χ1) is 10.2. The molecule has 2 rings (SSSR count). The number of nitrogens with one attached hydrogen (secondary N) is 1. The van der Waals surface area contributed by atoms with Crippen LogP contribution in [0.1, 0.15) is 6.92 Å². The SMILES string of the molecule is C/C=C/C=C/C(=O)Nc1ccc(Sc2nncn2C)cc1. The minimum atomic E-state index is -0.151. The standard InChI is InChI=1S/C15H16N4OS/c1-3-4-5-6-14(20)17-12-7-9-13(10-8-12)21-15-18-16-11-19(15)2/h3-11H,1-2H3,(H,17,20)/b4-3+,6-5+. The largest absolute Gasteiger partial charge is 0.323 e. The number of carbonyl (C=O) groups is 1. The topological polar surface area (TPSA) is 59.8 Å². The summed E-state index contributed by atoms with van der Waals surface area (Å²) in [5, 5.41) is 11.5. The molecular weight excluding hydrogens is 284 g/mol. The van der Waals surface area contributed by atoms with Crippen LogP contribution in [-0.2, 0) is 11.8 Å². The Morgan fingerprint density at radius 3 is 2.67 bits per heavy atom. The molecule has 0 aliphatic heterocycles. The molecule has 1 aromatic heterocycles. The number of aromatic nitrogens is 3. The number of anilines is 1. The van der Waals surface area contributed by atoms with Crippen molar-refractivity contribution in [1.82, 2.24) is 14.8 Å². The van der Waals surface area contributed by atoms with Crippen molar-refractivity contribution in [2.75, 3.05) is 5.32 Å². The molecule has 2 aromatic rings. The highest BCUT2D eigenvalue weighted by molar-refractivity contribution is 7.99. The molecule has 6 heteroatoms. The number of hydrogen-bond donors (Lipinski definition) is 1. The number of allylic oxidation sites excluding steroid dienone is 3. The van der Waals surface area contributed by atoms with Crippen molar-refractivity contribution in [1.29, 1.82) is 0 Å². The maximum absolute atomic E-state index is 11.6. The zero-order valence-electron chi connectivity index (χ0n) is 11.9. The van der Waals surface area contributed by atoms with Gasteiger partial charge in [-0.1, -0.05) is 18.2 Å². The quantitative estimate of drug-likeness (QED) is 0.681. The van der Waals surface area contributed by atoms with E-state index < -0.39 is 0 Å². The molecule has 1 aromatic carbocycles. The van der Waals surface area contributed by atoms with Gasteiger partial charge in [0.05, 0.1) is 0 Å². The van der Waals surface area contributed by atoms with Gasteiger partial charge in [-0.15, -0.1) is 10.2 Å². The number of hydrogen-bond acceptors (Lipinski definition) is 4. The Kier molecular flexibility index (Phi) is 5.34. The first-order valence-electron chi connectivity index (χ1n) is 6.41. The predicted octanol–water partition coefficient (Wildman–Crippen LogP) is 3.04. The molecule has 5 nitrogen and oxygen atoms in total. The van der Waals surface area contributed by atoms with E-state index in [4.69, 9.17) is 0 Å². The van der Waals surface area contributed by atoms with E-state index in [0.717, 1.165) is 15.7 Å². The molecule has 0 unspecified atom stereocenters. The normalized spacial score (nSPS) is 11.3. The van der Waals surface area contributed by atoms with Crippen LogP contribution in [0.25, 0.3) is 0 Å². The van der Waals surface area contributed by atoms with Crippen molar-refractivity contribution in [2.24, 2.45) is 7.05 Å². The molecule has 0 aliphatic carbocycles. The second kappa shape index (κ2) is 7.44. The van der Waals surface area contributed by atoms with E-state index in [2.05, 4.69) is 15.5 Å². The number of benzene rings is 1. The third-order valence-corrected chi connectivity index (χ3v) is 3.61. The van der Waals surface area contributed by atoms with Crippen LogP contribution in [0.3, 0.4) is 0 Å². The smallest absolute Gasteiger partial charge is 0.248 e. The first kappa shape index (κ1) is 15.1. The summed E-state index contributed by atoms with van der Waals surface area (Å²) < 4.78 is 1.85. The lowest BCUT2D eigenvalue weighted by Crippen LogP contribution is -2.07. The molecule has 108 valence electrons. The molecule has 1 amide bonds. The van der Waals surface area contributed by atoms with Gasteiger partial charge in [0.15, 0.2) is 5.16 Å². The molecule has 0 aliphatic rings. The summed E-state index contributed by atoms with van der Waals surface area (Å²) >= 11 is 1.52. The maximum atomic E-state index is 11.6. The molecule has 0 saturated carbocycles. The molecule has 1 heterocycles. The fourth-order valence-electron chi connectivity index (χ4n) is 1.51. The van der Waals surface area contributed by atoms with Crippen LogP contribution in [-0.4, -0.2) is 20.7 Å². The summed E-state index contributed by atoms with van der Waals surface area (Å²) in [6.07, 6.45) is 8.52. The summed E-state index contributed by atoms with van der Waals surface area (Å²) in [6, 6.07) is 7.59. The molecular formula is C15H16N4OS. The minimum absolute atomic E-state index is 0.151. The van der Waals surface area contributed by atoms with E-state index in [1.807, 2.05) is 48.9 Å². The van der Waals surface area contributed by atoms with Gasteiger partial charge in [-0.2, -0.15) is 0 Å². The third-order valence-electron chi connectivity index (χ3n) is 2.55. The van der Waals surface area contributed by atoms with Crippen molar-refractivity contribution in [3.05, 3.63) is 54.9 Å². The molecule has 1 N–H and O–H groups in total. The van der Waals surface area contributed by atoms with E-state index in [9.17, 15) is 4.79 Å². The highest BCUT2D eigenvalue weighted by Crippen LogP contribution is 2.26. The summed E-state index contributed by atoms with van der Waals surface area (Å²) in [6.45, 7) is 1.90. The van der Waals surface area contributed by atoms with Crippen molar-refractivity contribution in [3.8, 4) is 0 Å². The zero-order valence-corrected chi connectivity index (χ0v) is 12.7. The summed E-state index contributed by atoms with van der Waals surface area (Å²) in [4.78, 5) is 12.7. The average molecular weight is 300 g/mol. The maximum Gasteiger partial charge on any atom is 0.248 e. The van der Waals surface area contributed by atoms with Gasteiger partial charge in [0.25, 0.3) is 0 Å². The monoisotopic (exact) mass is 300 g/mol. The number of aryl methyl sites for hydroxylation is 1. The fourth-order valence-corrected chi connectivity index (χ4v) is 2.28. The minimum Gasteiger partial charge on any atom is -0.323 e. The van der Waals surface area contributed by atoms with Crippen molar-refractivity contribution in [2.45, 2.75) is 17.0 Å². The lowest BCUT2D eigenvalue weighted by molar-refractivity contribution is -0.111. The first-order valence-corrected chi connectivity index (χ1v) is 7.23. The fraction of sp³-hybridized carbons (Fsp3) is 0.133. The summed E-state index contributed by atoms with van der Waals surface area (Å²) in [5.74, 6) is -0.151. The van der Waals surface area contributed by atoms with Gasteiger partial charge in [0.1, 0.15) is 6.33 Å². The highest BCUT2D eigenvalue weighted by Gasteiger charge is 2.04. The van der Waals surface area contributed by atoms with Crippen molar-refractivity contribution >= 4 is 23.4 Å². The van der Waals surface area contributed by atoms with Crippen LogP contribution < -0.4 is 5.32 Å². The Bertz CT molecular complexity index is 659. The Hall–Kier alpha value is -2.34. The van der Waals surface area contributed by atoms with E-state index in [0.29, 0.717) is 0 Å². The Morgan fingerprint density at radius 1 is 1.29 bits per heavy atom. The lowest BCUT2D eigenvalue weighted by atomic mass is 10.3. The summed E-state index contributed by atoms with van der Waals surface area (Å²) in [5.41, 5.74) is 0.757. The van der Waals surface area contributed by atoms with E-state index in [-0.39, 0.29) is 5.91 Å². The van der Waals surface area contributed by atoms with Crippen LogP contribution in [0.15, 0.2) is 64.9 Å². The zero-order chi connectivity index (χ0) is 15.1. The van der Waals surface area contributed by atoms with Crippen LogP contribution >= 0.6 is 11.8 Å². The highest BCUT2D eigenvalue weighted by atomic mass is 32.2. The van der Waals surface area contributed by atoms with Crippen LogP contribution in [0.4, 0.5) is 5.69 Å². The molecule has 0 bridgehead atoms. The van der Waals surface area contributed by atoms with E-state index in [1.54, 1.807) is 18.5 Å². The molecule has 21 heavy (non-hydrogen) atoms. The molecule has 0 radical (unpaired) electrons. The summed E-state index contributed by atoms with van der Waals surface area (Å²) in [7, 11) is 1.90. The number of rotatable bonds is 5. The number of amides is 1. The van der Waals surface area contributed by atoms with Gasteiger partial charge in [-0.25, -0.2) is 0 Å². The average Bonchev–Trinajstić information content (AvgIpc) is 2.87. The van der Waals surface area contributed by atoms with Crippen LogP contribution in [0.5, 0.6) is 0 Å². The van der Waals surface area contributed by atoms with E-state index >= 15 is 0 Å². The van der Waals surface area contributed by atoms with E-state index in [1.165, 1.54) is 17.8 Å². The molecule has 0 fully saturated rings.